The van der Waals surface area contributed by atoms with Gasteiger partial charge >= 0.3 is 0 Å². The number of carbonyl (C=O) groups is 2. The first-order chi connectivity index (χ1) is 6.11. The van der Waals surface area contributed by atoms with Gasteiger partial charge in [-0.1, -0.05) is 22.5 Å². The number of carboxylic acids is 1. The van der Waals surface area contributed by atoms with Gasteiger partial charge in [0.15, 0.2) is 0 Å². The molecule has 0 atom stereocenters. The zero-order valence-electron chi connectivity index (χ0n) is 7.16. The number of hydrogen-bond donors (Lipinski definition) is 0. The van der Waals surface area contributed by atoms with E-state index in [1.807, 2.05) is 0 Å². The van der Waals surface area contributed by atoms with Crippen LogP contribution in [0, 0.1) is 0 Å². The molecule has 1 rings (SSSR count). The van der Waals surface area contributed by atoms with Gasteiger partial charge in [-0.05, 0) is 12.6 Å². The molecule has 0 unspecified atom stereocenters. The molecule has 0 bridgehead atoms. The second-order valence-electron chi connectivity index (χ2n) is 2.38. The number of alkyl halides is 1. The average molecular weight is 249 g/mol. The highest BCUT2D eigenvalue weighted by atomic mass is 79.9. The van der Waals surface area contributed by atoms with Crippen LogP contribution in [0.1, 0.15) is 12.8 Å². The number of nitrogens with zero attached hydrogens (tertiary/aromatic N) is 1. The van der Waals surface area contributed by atoms with E-state index in [1.54, 1.807) is 11.1 Å². The lowest BCUT2D eigenvalue weighted by Crippen LogP contribution is -2.22. The molecule has 1 heterocycles. The molecule has 0 N–H and O–H groups in total. The maximum atomic E-state index is 10.7. The van der Waals surface area contributed by atoms with Gasteiger partial charge in [0, 0.05) is 18.3 Å². The summed E-state index contributed by atoms with van der Waals surface area (Å²) < 4.78 is 0. The molecule has 0 aromatic rings. The Labute approximate surface area is 85.3 Å². The van der Waals surface area contributed by atoms with E-state index in [-0.39, 0.29) is 11.2 Å². The van der Waals surface area contributed by atoms with Gasteiger partial charge in [-0.25, -0.2) is 0 Å². The van der Waals surface area contributed by atoms with E-state index >= 15 is 0 Å². The van der Waals surface area contributed by atoms with E-state index in [9.17, 15) is 14.7 Å². The fraction of sp³-hybridized carbons (Fsp3) is 0.500. The van der Waals surface area contributed by atoms with Crippen LogP contribution in [-0.4, -0.2) is 28.7 Å². The average Bonchev–Trinajstić information content (AvgIpc) is 2.52. The van der Waals surface area contributed by atoms with Crippen LogP contribution in [0.15, 0.2) is 12.8 Å². The molecule has 4 nitrogen and oxygen atoms in total. The molecule has 1 amide bonds. The van der Waals surface area contributed by atoms with Crippen LogP contribution in [0.4, 0.5) is 0 Å². The first kappa shape index (κ1) is 12.2. The molecular formula is C8H11BrNO3-. The highest BCUT2D eigenvalue weighted by Gasteiger charge is 2.15. The van der Waals surface area contributed by atoms with Crippen molar-refractivity contribution >= 4 is 27.8 Å². The lowest BCUT2D eigenvalue weighted by molar-refractivity contribution is -0.301. The molecule has 0 radical (unpaired) electrons. The second kappa shape index (κ2) is 6.65. The van der Waals surface area contributed by atoms with E-state index in [0.717, 1.165) is 13.0 Å². The zero-order chi connectivity index (χ0) is 10.3. The quantitative estimate of drug-likeness (QED) is 0.641. The van der Waals surface area contributed by atoms with E-state index < -0.39 is 5.97 Å². The normalized spacial score (nSPS) is 14.8. The number of carboxylic acid groups (broad SMARTS) is 1. The van der Waals surface area contributed by atoms with Crippen LogP contribution < -0.4 is 5.11 Å². The first-order valence-corrected chi connectivity index (χ1v) is 4.91. The largest absolute Gasteiger partial charge is 0.549 e. The number of amides is 1. The van der Waals surface area contributed by atoms with Gasteiger partial charge in [0.2, 0.25) is 5.91 Å². The Hall–Kier alpha value is -0.840. The predicted octanol–water partition coefficient (Wildman–Crippen LogP) is -0.117. The standard InChI is InChI=1S/C6H9NO.C2H3BrO2/c1-2-7-5-3-4-6(7)8;3-1-2(4)5/h2H,1,3-5H2;1H2,(H,4,5)/p-1. The summed E-state index contributed by atoms with van der Waals surface area (Å²) in [5.74, 6) is -0.870. The molecule has 0 aromatic heterocycles. The number of rotatable bonds is 2. The van der Waals surface area contributed by atoms with Crippen molar-refractivity contribution < 1.29 is 14.7 Å². The van der Waals surface area contributed by atoms with E-state index in [0.29, 0.717) is 6.42 Å². The van der Waals surface area contributed by atoms with Crippen LogP contribution in [0.5, 0.6) is 0 Å². The van der Waals surface area contributed by atoms with Crippen molar-refractivity contribution in [3.8, 4) is 0 Å². The number of likely N-dealkylation sites (tertiary alicyclic amines) is 1. The van der Waals surface area contributed by atoms with Crippen molar-refractivity contribution in [3.05, 3.63) is 12.8 Å². The summed E-state index contributed by atoms with van der Waals surface area (Å²) in [6.45, 7) is 4.36. The maximum absolute atomic E-state index is 10.7. The second-order valence-corrected chi connectivity index (χ2v) is 2.94. The summed E-state index contributed by atoms with van der Waals surface area (Å²) >= 11 is 2.65. The summed E-state index contributed by atoms with van der Waals surface area (Å²) in [5, 5.41) is 9.13. The molecule has 1 aliphatic rings. The highest BCUT2D eigenvalue weighted by molar-refractivity contribution is 9.09. The monoisotopic (exact) mass is 248 g/mol. The maximum Gasteiger partial charge on any atom is 0.226 e. The third kappa shape index (κ3) is 5.41. The fourth-order valence-electron chi connectivity index (χ4n) is 0.862. The van der Waals surface area contributed by atoms with Crippen molar-refractivity contribution in [1.29, 1.82) is 0 Å². The van der Waals surface area contributed by atoms with Crippen molar-refractivity contribution in [1.82, 2.24) is 4.90 Å². The van der Waals surface area contributed by atoms with E-state index in [1.165, 1.54) is 0 Å². The van der Waals surface area contributed by atoms with Crippen LogP contribution in [-0.2, 0) is 9.59 Å². The van der Waals surface area contributed by atoms with Gasteiger partial charge in [0.25, 0.3) is 0 Å². The SMILES string of the molecule is C=CN1CCCC1=O.O=C([O-])CBr. The summed E-state index contributed by atoms with van der Waals surface area (Å²) in [5.41, 5.74) is 0. The smallest absolute Gasteiger partial charge is 0.226 e. The van der Waals surface area contributed by atoms with Crippen LogP contribution in [0.25, 0.3) is 0 Å². The molecule has 5 heteroatoms. The Morgan fingerprint density at radius 3 is 2.46 bits per heavy atom. The van der Waals surface area contributed by atoms with Gasteiger partial charge in [0.1, 0.15) is 0 Å². The Morgan fingerprint density at radius 2 is 2.31 bits per heavy atom. The minimum Gasteiger partial charge on any atom is -0.549 e. The minimum atomic E-state index is -1.08. The van der Waals surface area contributed by atoms with Crippen molar-refractivity contribution in [2.75, 3.05) is 11.9 Å². The molecular weight excluding hydrogens is 238 g/mol. The molecule has 13 heavy (non-hydrogen) atoms. The Balaban J connectivity index is 0.000000252. The molecule has 1 aliphatic heterocycles. The molecule has 0 aliphatic carbocycles. The molecule has 0 saturated carbocycles. The van der Waals surface area contributed by atoms with Crippen LogP contribution >= 0.6 is 15.9 Å². The summed E-state index contributed by atoms with van der Waals surface area (Å²) in [6, 6.07) is 0. The summed E-state index contributed by atoms with van der Waals surface area (Å²) in [7, 11) is 0. The third-order valence-corrected chi connectivity index (χ3v) is 1.90. The number of carbonyl (C=O) groups excluding carboxylic acids is 2. The van der Waals surface area contributed by atoms with Crippen molar-refractivity contribution in [3.63, 3.8) is 0 Å². The Morgan fingerprint density at radius 1 is 1.77 bits per heavy atom. The topological polar surface area (TPSA) is 60.4 Å². The van der Waals surface area contributed by atoms with Gasteiger partial charge < -0.3 is 14.8 Å². The Bertz CT molecular complexity index is 206. The molecule has 0 spiro atoms. The van der Waals surface area contributed by atoms with E-state index in [2.05, 4.69) is 22.5 Å². The minimum absolute atomic E-state index is 0.0764. The molecule has 0 aromatic carbocycles. The van der Waals surface area contributed by atoms with Gasteiger partial charge in [-0.2, -0.15) is 0 Å². The molecule has 1 fully saturated rings. The summed E-state index contributed by atoms with van der Waals surface area (Å²) in [4.78, 5) is 21.5. The molecule has 74 valence electrons. The first-order valence-electron chi connectivity index (χ1n) is 3.79. The molecule has 1 saturated heterocycles. The predicted molar refractivity (Wildman–Crippen MR) is 49.9 cm³/mol. The van der Waals surface area contributed by atoms with Crippen molar-refractivity contribution in [2.24, 2.45) is 0 Å². The lowest BCUT2D eigenvalue weighted by atomic mass is 10.4. The van der Waals surface area contributed by atoms with Gasteiger partial charge in [-0.3, -0.25) is 4.79 Å². The number of halogens is 1. The van der Waals surface area contributed by atoms with Crippen LogP contribution in [0.2, 0.25) is 0 Å². The zero-order valence-corrected chi connectivity index (χ0v) is 8.75. The summed E-state index contributed by atoms with van der Waals surface area (Å²) in [6.07, 6.45) is 3.28. The number of aliphatic carboxylic acids is 1. The third-order valence-electron chi connectivity index (χ3n) is 1.44. The lowest BCUT2D eigenvalue weighted by Gasteiger charge is -2.05. The van der Waals surface area contributed by atoms with Gasteiger partial charge in [-0.15, -0.1) is 0 Å². The van der Waals surface area contributed by atoms with Gasteiger partial charge in [0.05, 0.1) is 5.97 Å². The van der Waals surface area contributed by atoms with E-state index in [4.69, 9.17) is 0 Å². The highest BCUT2D eigenvalue weighted by Crippen LogP contribution is 2.08. The van der Waals surface area contributed by atoms with Crippen molar-refractivity contribution in [2.45, 2.75) is 12.8 Å². The Kier molecular flexibility index (Phi) is 6.22. The fourth-order valence-corrected chi connectivity index (χ4v) is 0.862. The number of hydrogen-bond acceptors (Lipinski definition) is 3. The van der Waals surface area contributed by atoms with Crippen LogP contribution in [0.3, 0.4) is 0 Å².